The van der Waals surface area contributed by atoms with E-state index in [1.54, 1.807) is 17.5 Å². The second-order valence-corrected chi connectivity index (χ2v) is 7.95. The van der Waals surface area contributed by atoms with Crippen LogP contribution in [0.1, 0.15) is 9.67 Å². The first-order valence-electron chi connectivity index (χ1n) is 7.21. The first-order chi connectivity index (χ1) is 11.5. The van der Waals surface area contributed by atoms with Crippen molar-refractivity contribution in [2.45, 2.75) is 4.90 Å². The van der Waals surface area contributed by atoms with Gasteiger partial charge in [-0.3, -0.25) is 4.79 Å². The van der Waals surface area contributed by atoms with E-state index in [4.69, 9.17) is 4.74 Å². The molecule has 0 atom stereocenters. The number of hydrogen-bond acceptors (Lipinski definition) is 5. The summed E-state index contributed by atoms with van der Waals surface area (Å²) in [6.45, 7) is 0.895. The molecule has 2 aromatic rings. The van der Waals surface area contributed by atoms with Crippen LogP contribution in [0.15, 0.2) is 40.6 Å². The molecule has 1 aliphatic rings. The number of nitrogens with one attached hydrogen (secondary N) is 1. The van der Waals surface area contributed by atoms with Crippen molar-refractivity contribution in [3.8, 4) is 0 Å². The SMILES string of the molecule is O=C(Nc1ccc(F)c(S(=O)(=O)N2CCOCC2)c1)c1cccs1. The molecule has 0 radical (unpaired) electrons. The van der Waals surface area contributed by atoms with Crippen LogP contribution in [0.2, 0.25) is 0 Å². The molecule has 1 fully saturated rings. The Kier molecular flexibility index (Phi) is 4.95. The Bertz CT molecular complexity index is 831. The van der Waals surface area contributed by atoms with Gasteiger partial charge in [-0.15, -0.1) is 11.3 Å². The summed E-state index contributed by atoms with van der Waals surface area (Å²) in [5.41, 5.74) is 0.224. The van der Waals surface area contributed by atoms with Gasteiger partial charge in [-0.2, -0.15) is 4.31 Å². The highest BCUT2D eigenvalue weighted by Gasteiger charge is 2.29. The van der Waals surface area contributed by atoms with E-state index in [2.05, 4.69) is 5.32 Å². The lowest BCUT2D eigenvalue weighted by Crippen LogP contribution is -2.40. The zero-order valence-corrected chi connectivity index (χ0v) is 14.2. The second kappa shape index (κ2) is 6.98. The van der Waals surface area contributed by atoms with Gasteiger partial charge in [-0.1, -0.05) is 6.07 Å². The quantitative estimate of drug-likeness (QED) is 0.895. The molecule has 0 aliphatic carbocycles. The lowest BCUT2D eigenvalue weighted by molar-refractivity contribution is 0.0729. The van der Waals surface area contributed by atoms with Crippen molar-refractivity contribution in [3.63, 3.8) is 0 Å². The number of nitrogens with zero attached hydrogens (tertiary/aromatic N) is 1. The standard InChI is InChI=1S/C15H15FN2O4S2/c16-12-4-3-11(17-15(19)13-2-1-9-23-13)10-14(12)24(20,21)18-5-7-22-8-6-18/h1-4,9-10H,5-8H2,(H,17,19). The van der Waals surface area contributed by atoms with Crippen LogP contribution < -0.4 is 5.32 Å². The average Bonchev–Trinajstić information content (AvgIpc) is 3.12. The highest BCUT2D eigenvalue weighted by molar-refractivity contribution is 7.89. The Balaban J connectivity index is 1.87. The lowest BCUT2D eigenvalue weighted by Gasteiger charge is -2.26. The number of halogens is 1. The molecule has 0 bridgehead atoms. The molecule has 0 unspecified atom stereocenters. The molecule has 1 aliphatic heterocycles. The fourth-order valence-corrected chi connectivity index (χ4v) is 4.42. The van der Waals surface area contributed by atoms with Crippen LogP contribution in [0.3, 0.4) is 0 Å². The van der Waals surface area contributed by atoms with Crippen molar-refractivity contribution in [2.24, 2.45) is 0 Å². The smallest absolute Gasteiger partial charge is 0.265 e. The third-order valence-electron chi connectivity index (χ3n) is 3.52. The molecule has 0 spiro atoms. The fourth-order valence-electron chi connectivity index (χ4n) is 2.31. The molecule has 3 rings (SSSR count). The summed E-state index contributed by atoms with van der Waals surface area (Å²) in [4.78, 5) is 12.1. The molecule has 9 heteroatoms. The Labute approximate surface area is 142 Å². The second-order valence-electron chi connectivity index (χ2n) is 5.09. The van der Waals surface area contributed by atoms with Gasteiger partial charge in [0.05, 0.1) is 18.1 Å². The fraction of sp³-hybridized carbons (Fsp3) is 0.267. The summed E-state index contributed by atoms with van der Waals surface area (Å²) < 4.78 is 45.6. The number of amides is 1. The molecule has 24 heavy (non-hydrogen) atoms. The lowest BCUT2D eigenvalue weighted by atomic mass is 10.3. The van der Waals surface area contributed by atoms with Crippen LogP contribution in [-0.2, 0) is 14.8 Å². The van der Waals surface area contributed by atoms with Crippen molar-refractivity contribution in [2.75, 3.05) is 31.6 Å². The van der Waals surface area contributed by atoms with E-state index in [9.17, 15) is 17.6 Å². The third kappa shape index (κ3) is 3.48. The zero-order valence-electron chi connectivity index (χ0n) is 12.6. The normalized spacial score (nSPS) is 16.0. The van der Waals surface area contributed by atoms with Crippen LogP contribution in [0, 0.1) is 5.82 Å². The summed E-state index contributed by atoms with van der Waals surface area (Å²) in [6.07, 6.45) is 0. The Morgan fingerprint density at radius 2 is 2.00 bits per heavy atom. The number of carbonyl (C=O) groups is 1. The van der Waals surface area contributed by atoms with E-state index in [-0.39, 0.29) is 37.9 Å². The van der Waals surface area contributed by atoms with Crippen LogP contribution in [0.25, 0.3) is 0 Å². The van der Waals surface area contributed by atoms with E-state index in [1.807, 2.05) is 0 Å². The third-order valence-corrected chi connectivity index (χ3v) is 6.30. The van der Waals surface area contributed by atoms with Gasteiger partial charge in [-0.05, 0) is 29.6 Å². The predicted octanol–water partition coefficient (Wildman–Crippen LogP) is 2.16. The molecule has 1 N–H and O–H groups in total. The van der Waals surface area contributed by atoms with Gasteiger partial charge in [0, 0.05) is 18.8 Å². The molecule has 128 valence electrons. The predicted molar refractivity (Wildman–Crippen MR) is 88.3 cm³/mol. The average molecular weight is 370 g/mol. The molecule has 6 nitrogen and oxygen atoms in total. The van der Waals surface area contributed by atoms with E-state index < -0.39 is 20.7 Å². The molecule has 0 saturated carbocycles. The largest absolute Gasteiger partial charge is 0.379 e. The molecule has 2 heterocycles. The van der Waals surface area contributed by atoms with Gasteiger partial charge in [0.1, 0.15) is 10.7 Å². The summed E-state index contributed by atoms with van der Waals surface area (Å²) in [5, 5.41) is 4.34. The van der Waals surface area contributed by atoms with E-state index >= 15 is 0 Å². The summed E-state index contributed by atoms with van der Waals surface area (Å²) in [5.74, 6) is -1.22. The topological polar surface area (TPSA) is 75.7 Å². The van der Waals surface area contributed by atoms with Gasteiger partial charge >= 0.3 is 0 Å². The molecular weight excluding hydrogens is 355 g/mol. The minimum Gasteiger partial charge on any atom is -0.379 e. The van der Waals surface area contributed by atoms with Crippen molar-refractivity contribution < 1.29 is 22.3 Å². The van der Waals surface area contributed by atoms with Crippen LogP contribution >= 0.6 is 11.3 Å². The maximum atomic E-state index is 14.1. The minimum atomic E-state index is -3.98. The Morgan fingerprint density at radius 1 is 1.25 bits per heavy atom. The van der Waals surface area contributed by atoms with Crippen LogP contribution in [-0.4, -0.2) is 44.9 Å². The van der Waals surface area contributed by atoms with Crippen molar-refractivity contribution in [1.82, 2.24) is 4.31 Å². The number of benzene rings is 1. The summed E-state index contributed by atoms with van der Waals surface area (Å²) in [7, 11) is -3.98. The number of morpholine rings is 1. The first-order valence-corrected chi connectivity index (χ1v) is 9.53. The van der Waals surface area contributed by atoms with Gasteiger partial charge in [-0.25, -0.2) is 12.8 Å². The molecule has 1 aromatic heterocycles. The number of sulfonamides is 1. The zero-order chi connectivity index (χ0) is 17.2. The number of hydrogen-bond donors (Lipinski definition) is 1. The minimum absolute atomic E-state index is 0.174. The van der Waals surface area contributed by atoms with Gasteiger partial charge in [0.2, 0.25) is 10.0 Å². The monoisotopic (exact) mass is 370 g/mol. The van der Waals surface area contributed by atoms with Crippen molar-refractivity contribution in [3.05, 3.63) is 46.4 Å². The van der Waals surface area contributed by atoms with Crippen LogP contribution in [0.5, 0.6) is 0 Å². The Morgan fingerprint density at radius 3 is 2.67 bits per heavy atom. The van der Waals surface area contributed by atoms with Gasteiger partial charge in [0.15, 0.2) is 0 Å². The molecule has 1 aromatic carbocycles. The van der Waals surface area contributed by atoms with E-state index in [0.29, 0.717) is 4.88 Å². The number of thiophene rings is 1. The highest BCUT2D eigenvalue weighted by Crippen LogP contribution is 2.24. The van der Waals surface area contributed by atoms with E-state index in [1.165, 1.54) is 21.7 Å². The first kappa shape index (κ1) is 17.0. The van der Waals surface area contributed by atoms with Gasteiger partial charge in [0.25, 0.3) is 5.91 Å². The maximum Gasteiger partial charge on any atom is 0.265 e. The molecule has 1 saturated heterocycles. The number of ether oxygens (including phenoxy) is 1. The Hall–Kier alpha value is -1.81. The highest BCUT2D eigenvalue weighted by atomic mass is 32.2. The van der Waals surface area contributed by atoms with Gasteiger partial charge < -0.3 is 10.1 Å². The van der Waals surface area contributed by atoms with Crippen LogP contribution in [0.4, 0.5) is 10.1 Å². The summed E-state index contributed by atoms with van der Waals surface area (Å²) >= 11 is 1.26. The summed E-state index contributed by atoms with van der Waals surface area (Å²) in [6, 6.07) is 6.90. The van der Waals surface area contributed by atoms with Crippen molar-refractivity contribution >= 4 is 33.0 Å². The molecular formula is C15H15FN2O4S2. The number of carbonyl (C=O) groups excluding carboxylic acids is 1. The molecule has 1 amide bonds. The maximum absolute atomic E-state index is 14.1. The van der Waals surface area contributed by atoms with Crippen molar-refractivity contribution in [1.29, 1.82) is 0 Å². The van der Waals surface area contributed by atoms with E-state index in [0.717, 1.165) is 12.1 Å². The number of rotatable bonds is 4. The number of anilines is 1.